The summed E-state index contributed by atoms with van der Waals surface area (Å²) in [7, 11) is 0. The number of aromatic carboxylic acids is 1. The van der Waals surface area contributed by atoms with Crippen LogP contribution in [-0.2, 0) is 0 Å². The van der Waals surface area contributed by atoms with E-state index in [1.165, 1.54) is 17.5 Å². The molecule has 0 saturated carbocycles. The Labute approximate surface area is 94.2 Å². The number of halogens is 1. The van der Waals surface area contributed by atoms with Crippen LogP contribution in [0.3, 0.4) is 0 Å². The van der Waals surface area contributed by atoms with E-state index in [0.29, 0.717) is 5.82 Å². The van der Waals surface area contributed by atoms with Crippen LogP contribution in [0.2, 0.25) is 5.02 Å². The first-order chi connectivity index (χ1) is 7.18. The molecule has 0 saturated heterocycles. The van der Waals surface area contributed by atoms with Crippen LogP contribution < -0.4 is 0 Å². The molecule has 76 valence electrons. The monoisotopic (exact) mass is 240 g/mol. The highest BCUT2D eigenvalue weighted by Crippen LogP contribution is 2.21. The van der Waals surface area contributed by atoms with Crippen molar-refractivity contribution in [1.82, 2.24) is 9.97 Å². The lowest BCUT2D eigenvalue weighted by Crippen LogP contribution is -2.03. The lowest BCUT2D eigenvalue weighted by atomic mass is 10.3. The minimum Gasteiger partial charge on any atom is -0.476 e. The second-order valence-electron chi connectivity index (χ2n) is 2.71. The fraction of sp³-hybridized carbons (Fsp3) is 0. The van der Waals surface area contributed by atoms with Crippen molar-refractivity contribution in [3.8, 4) is 11.4 Å². The summed E-state index contributed by atoms with van der Waals surface area (Å²) in [5, 5.41) is 12.6. The van der Waals surface area contributed by atoms with Gasteiger partial charge in [-0.25, -0.2) is 14.8 Å². The zero-order valence-corrected chi connectivity index (χ0v) is 8.92. The van der Waals surface area contributed by atoms with Crippen LogP contribution in [0.5, 0.6) is 0 Å². The number of aromatic nitrogens is 2. The molecule has 0 spiro atoms. The quantitative estimate of drug-likeness (QED) is 0.876. The molecule has 0 bridgehead atoms. The fourth-order valence-electron chi connectivity index (χ4n) is 1.05. The first-order valence-electron chi connectivity index (χ1n) is 3.97. The van der Waals surface area contributed by atoms with Gasteiger partial charge in [0.1, 0.15) is 0 Å². The molecular formula is C9H5ClN2O2S. The third-order valence-electron chi connectivity index (χ3n) is 1.73. The van der Waals surface area contributed by atoms with E-state index in [1.54, 1.807) is 0 Å². The van der Waals surface area contributed by atoms with Crippen LogP contribution in [0.4, 0.5) is 0 Å². The average molecular weight is 241 g/mol. The predicted octanol–water partition coefficient (Wildman–Crippen LogP) is 2.56. The van der Waals surface area contributed by atoms with E-state index < -0.39 is 5.97 Å². The fourth-order valence-corrected chi connectivity index (χ4v) is 1.85. The van der Waals surface area contributed by atoms with Crippen molar-refractivity contribution >= 4 is 28.9 Å². The number of carboxylic acids is 1. The van der Waals surface area contributed by atoms with Gasteiger partial charge in [0.25, 0.3) is 0 Å². The molecule has 2 heterocycles. The topological polar surface area (TPSA) is 63.1 Å². The van der Waals surface area contributed by atoms with Crippen LogP contribution in [0.1, 0.15) is 10.5 Å². The molecule has 6 heteroatoms. The van der Waals surface area contributed by atoms with Crippen molar-refractivity contribution in [2.45, 2.75) is 0 Å². The highest BCUT2D eigenvalue weighted by molar-refractivity contribution is 7.08. The summed E-state index contributed by atoms with van der Waals surface area (Å²) in [6.45, 7) is 0. The first kappa shape index (κ1) is 10.1. The van der Waals surface area contributed by atoms with Gasteiger partial charge < -0.3 is 5.11 Å². The summed E-state index contributed by atoms with van der Waals surface area (Å²) < 4.78 is 0. The molecule has 0 radical (unpaired) electrons. The van der Waals surface area contributed by atoms with E-state index >= 15 is 0 Å². The van der Waals surface area contributed by atoms with Gasteiger partial charge in [0.05, 0.1) is 11.2 Å². The molecule has 2 aromatic rings. The van der Waals surface area contributed by atoms with E-state index in [4.69, 9.17) is 16.7 Å². The molecule has 1 N–H and O–H groups in total. The van der Waals surface area contributed by atoms with Gasteiger partial charge in [-0.15, -0.1) is 0 Å². The Kier molecular flexibility index (Phi) is 2.66. The number of carbonyl (C=O) groups is 1. The number of hydrogen-bond donors (Lipinski definition) is 1. The van der Waals surface area contributed by atoms with Gasteiger partial charge in [0.15, 0.2) is 11.5 Å². The summed E-state index contributed by atoms with van der Waals surface area (Å²) in [5.74, 6) is -0.781. The lowest BCUT2D eigenvalue weighted by molar-refractivity contribution is 0.0690. The lowest BCUT2D eigenvalue weighted by Gasteiger charge is -2.00. The van der Waals surface area contributed by atoms with Crippen LogP contribution in [0, 0.1) is 0 Å². The molecule has 0 fully saturated rings. The Morgan fingerprint density at radius 1 is 1.53 bits per heavy atom. The molecule has 4 nitrogen and oxygen atoms in total. The summed E-state index contributed by atoms with van der Waals surface area (Å²) >= 11 is 7.14. The van der Waals surface area contributed by atoms with Gasteiger partial charge in [-0.2, -0.15) is 11.3 Å². The Bertz CT molecular complexity index is 499. The highest BCUT2D eigenvalue weighted by atomic mass is 35.5. The largest absolute Gasteiger partial charge is 0.476 e. The number of carboxylic acid groups (broad SMARTS) is 1. The molecule has 0 atom stereocenters. The van der Waals surface area contributed by atoms with Gasteiger partial charge in [-0.1, -0.05) is 11.6 Å². The second kappa shape index (κ2) is 3.96. The molecule has 0 amide bonds. The molecule has 2 aromatic heterocycles. The van der Waals surface area contributed by atoms with Gasteiger partial charge in [-0.3, -0.25) is 0 Å². The molecular weight excluding hydrogens is 236 g/mol. The Morgan fingerprint density at radius 3 is 2.93 bits per heavy atom. The summed E-state index contributed by atoms with van der Waals surface area (Å²) in [5.41, 5.74) is 0.618. The molecule has 0 unspecified atom stereocenters. The number of thiophene rings is 1. The van der Waals surface area contributed by atoms with Crippen LogP contribution in [0.15, 0.2) is 23.0 Å². The van der Waals surface area contributed by atoms with Crippen LogP contribution in [0.25, 0.3) is 11.4 Å². The first-order valence-corrected chi connectivity index (χ1v) is 5.29. The van der Waals surface area contributed by atoms with Crippen molar-refractivity contribution in [2.24, 2.45) is 0 Å². The van der Waals surface area contributed by atoms with Gasteiger partial charge in [-0.05, 0) is 11.4 Å². The van der Waals surface area contributed by atoms with Crippen molar-refractivity contribution in [1.29, 1.82) is 0 Å². The van der Waals surface area contributed by atoms with Crippen LogP contribution in [-0.4, -0.2) is 21.0 Å². The van der Waals surface area contributed by atoms with E-state index in [-0.39, 0.29) is 10.7 Å². The summed E-state index contributed by atoms with van der Waals surface area (Å²) in [6, 6.07) is 1.82. The number of hydrogen-bond acceptors (Lipinski definition) is 4. The van der Waals surface area contributed by atoms with E-state index in [2.05, 4.69) is 9.97 Å². The van der Waals surface area contributed by atoms with Crippen molar-refractivity contribution in [3.05, 3.63) is 33.7 Å². The zero-order chi connectivity index (χ0) is 10.8. The smallest absolute Gasteiger partial charge is 0.356 e. The van der Waals surface area contributed by atoms with Crippen LogP contribution >= 0.6 is 22.9 Å². The number of nitrogens with zero attached hydrogens (tertiary/aromatic N) is 2. The minimum atomic E-state index is -1.15. The maximum Gasteiger partial charge on any atom is 0.356 e. The molecule has 0 aromatic carbocycles. The molecule has 2 rings (SSSR count). The normalized spacial score (nSPS) is 10.2. The van der Waals surface area contributed by atoms with E-state index in [9.17, 15) is 4.79 Å². The molecule has 15 heavy (non-hydrogen) atoms. The Morgan fingerprint density at radius 2 is 2.33 bits per heavy atom. The van der Waals surface area contributed by atoms with Crippen molar-refractivity contribution in [2.75, 3.05) is 0 Å². The zero-order valence-electron chi connectivity index (χ0n) is 7.35. The maximum absolute atomic E-state index is 10.8. The van der Waals surface area contributed by atoms with Gasteiger partial charge in [0, 0.05) is 10.9 Å². The standard InChI is InChI=1S/C9H5ClN2O2S/c10-6-3-11-8(5-1-2-15-4-5)12-7(6)9(13)14/h1-4H,(H,13,14). The van der Waals surface area contributed by atoms with Crippen molar-refractivity contribution in [3.63, 3.8) is 0 Å². The average Bonchev–Trinajstić information content (AvgIpc) is 2.71. The van der Waals surface area contributed by atoms with Gasteiger partial charge in [0.2, 0.25) is 0 Å². The molecule has 0 aliphatic rings. The van der Waals surface area contributed by atoms with Crippen molar-refractivity contribution < 1.29 is 9.90 Å². The third kappa shape index (κ3) is 1.98. The second-order valence-corrected chi connectivity index (χ2v) is 3.89. The minimum absolute atomic E-state index is 0.0430. The summed E-state index contributed by atoms with van der Waals surface area (Å²) in [6.07, 6.45) is 1.30. The number of rotatable bonds is 2. The maximum atomic E-state index is 10.8. The van der Waals surface area contributed by atoms with E-state index in [0.717, 1.165) is 5.56 Å². The SMILES string of the molecule is O=C(O)c1nc(-c2ccsc2)ncc1Cl. The Hall–Kier alpha value is -1.46. The Balaban J connectivity index is 2.52. The molecule has 0 aliphatic carbocycles. The van der Waals surface area contributed by atoms with Gasteiger partial charge >= 0.3 is 5.97 Å². The predicted molar refractivity (Wildman–Crippen MR) is 57.3 cm³/mol. The summed E-state index contributed by atoms with van der Waals surface area (Å²) in [4.78, 5) is 18.6. The van der Waals surface area contributed by atoms with E-state index in [1.807, 2.05) is 16.8 Å². The highest BCUT2D eigenvalue weighted by Gasteiger charge is 2.13. The molecule has 0 aliphatic heterocycles. The third-order valence-corrected chi connectivity index (χ3v) is 2.69.